The Balaban J connectivity index is 0.00000103. The number of piperazine rings is 1. The van der Waals surface area contributed by atoms with E-state index < -0.39 is 28.6 Å². The number of halogens is 3. The van der Waals surface area contributed by atoms with Crippen molar-refractivity contribution in [3.05, 3.63) is 52.8 Å². The first-order valence-electron chi connectivity index (χ1n) is 13.9. The molecule has 0 radical (unpaired) electrons. The number of anilines is 1. The molecule has 3 rings (SSSR count). The molecule has 2 N–H and O–H groups in total. The minimum atomic E-state index is -4.49. The molecule has 1 aliphatic rings. The Labute approximate surface area is 241 Å². The van der Waals surface area contributed by atoms with Crippen molar-refractivity contribution in [2.24, 2.45) is 5.41 Å². The van der Waals surface area contributed by atoms with Gasteiger partial charge in [-0.25, -0.2) is 8.51 Å². The Bertz CT molecular complexity index is 1100. The van der Waals surface area contributed by atoms with Crippen molar-refractivity contribution < 1.29 is 22.2 Å². The number of alkyl halides is 3. The van der Waals surface area contributed by atoms with E-state index in [1.165, 1.54) is 12.1 Å². The fourth-order valence-electron chi connectivity index (χ4n) is 3.90. The summed E-state index contributed by atoms with van der Waals surface area (Å²) < 4.78 is 55.8. The van der Waals surface area contributed by atoms with Gasteiger partial charge in [0.15, 0.2) is 0 Å². The lowest BCUT2D eigenvalue weighted by atomic mass is 9.92. The Morgan fingerprint density at radius 2 is 1.55 bits per heavy atom. The lowest BCUT2D eigenvalue weighted by Gasteiger charge is -2.27. The first-order chi connectivity index (χ1) is 18.4. The SMILES string of the molecule is CC.CC(C)(C)C.Cc1c(C(=O)Nc2cccc(C(F)(F)F)c2)cc(C(C)(C)C)n1CCS(=O)N1CCNCC1. The van der Waals surface area contributed by atoms with Gasteiger partial charge in [0.05, 0.1) is 27.9 Å². The molecule has 1 unspecified atom stereocenters. The summed E-state index contributed by atoms with van der Waals surface area (Å²) in [6.07, 6.45) is -4.49. The van der Waals surface area contributed by atoms with Crippen LogP contribution >= 0.6 is 0 Å². The van der Waals surface area contributed by atoms with E-state index in [4.69, 9.17) is 0 Å². The van der Waals surface area contributed by atoms with Gasteiger partial charge in [0, 0.05) is 55.2 Å². The van der Waals surface area contributed by atoms with Gasteiger partial charge in [-0.1, -0.05) is 68.4 Å². The predicted molar refractivity (Wildman–Crippen MR) is 161 cm³/mol. The third-order valence-corrected chi connectivity index (χ3v) is 7.15. The molecule has 6 nitrogen and oxygen atoms in total. The molecule has 0 saturated carbocycles. The molecule has 1 aliphatic heterocycles. The van der Waals surface area contributed by atoms with Crippen molar-refractivity contribution in [2.75, 3.05) is 37.2 Å². The Morgan fingerprint density at radius 1 is 1.00 bits per heavy atom. The molecule has 1 aromatic carbocycles. The zero-order chi connectivity index (χ0) is 30.9. The largest absolute Gasteiger partial charge is 0.416 e. The average Bonchev–Trinajstić information content (AvgIpc) is 3.19. The van der Waals surface area contributed by atoms with Gasteiger partial charge in [0.25, 0.3) is 5.91 Å². The highest BCUT2D eigenvalue weighted by atomic mass is 32.2. The summed E-state index contributed by atoms with van der Waals surface area (Å²) in [5, 5.41) is 5.83. The number of carbonyl (C=O) groups excluding carboxylic acids is 1. The summed E-state index contributed by atoms with van der Waals surface area (Å²) in [4.78, 5) is 13.0. The van der Waals surface area contributed by atoms with Crippen LogP contribution in [-0.4, -0.2) is 50.9 Å². The number of aromatic nitrogens is 1. The van der Waals surface area contributed by atoms with Crippen LogP contribution in [0.25, 0.3) is 0 Å². The summed E-state index contributed by atoms with van der Waals surface area (Å²) in [5.41, 5.74) is 1.48. The van der Waals surface area contributed by atoms with E-state index in [9.17, 15) is 22.2 Å². The van der Waals surface area contributed by atoms with Crippen molar-refractivity contribution in [3.63, 3.8) is 0 Å². The molecule has 40 heavy (non-hydrogen) atoms. The number of carbonyl (C=O) groups is 1. The van der Waals surface area contributed by atoms with Gasteiger partial charge in [0.1, 0.15) is 0 Å². The molecule has 1 amide bonds. The van der Waals surface area contributed by atoms with Crippen molar-refractivity contribution in [1.82, 2.24) is 14.2 Å². The average molecular weight is 587 g/mol. The van der Waals surface area contributed by atoms with Gasteiger partial charge in [-0.15, -0.1) is 0 Å². The lowest BCUT2D eigenvalue weighted by molar-refractivity contribution is -0.137. The van der Waals surface area contributed by atoms with Crippen LogP contribution < -0.4 is 10.6 Å². The zero-order valence-corrected chi connectivity index (χ0v) is 26.7. The zero-order valence-electron chi connectivity index (χ0n) is 25.9. The Hall–Kier alpha value is -2.17. The molecule has 1 atom stereocenters. The van der Waals surface area contributed by atoms with Crippen LogP contribution in [0.3, 0.4) is 0 Å². The second-order valence-electron chi connectivity index (χ2n) is 12.2. The third kappa shape index (κ3) is 11.7. The van der Waals surface area contributed by atoms with E-state index in [-0.39, 0.29) is 11.1 Å². The fourth-order valence-corrected chi connectivity index (χ4v) is 5.09. The van der Waals surface area contributed by atoms with Crippen LogP contribution in [0, 0.1) is 12.3 Å². The number of amides is 1. The molecule has 1 fully saturated rings. The van der Waals surface area contributed by atoms with E-state index in [0.717, 1.165) is 44.0 Å². The maximum Gasteiger partial charge on any atom is 0.416 e. The number of hydrogen-bond acceptors (Lipinski definition) is 3. The third-order valence-electron chi connectivity index (χ3n) is 5.68. The van der Waals surface area contributed by atoms with E-state index in [2.05, 4.69) is 38.3 Å². The standard InChI is InChI=1S/C23H31F3N4O2S.C5H12.C2H6/c1-16-19(21(31)28-18-7-5-6-17(14-18)23(24,25)26)15-20(22(2,3)4)30(16)12-13-33(32)29-10-8-27-9-11-29;1-5(2,3)4;1-2/h5-7,14-15,27H,8-13H2,1-4H3,(H,28,31);1-4H3;1-2H3. The van der Waals surface area contributed by atoms with Gasteiger partial charge >= 0.3 is 6.18 Å². The summed E-state index contributed by atoms with van der Waals surface area (Å²) >= 11 is 0. The molecule has 0 spiro atoms. The maximum absolute atomic E-state index is 13.0. The van der Waals surface area contributed by atoms with Crippen LogP contribution in [0.4, 0.5) is 18.9 Å². The van der Waals surface area contributed by atoms with Crippen molar-refractivity contribution in [3.8, 4) is 0 Å². The van der Waals surface area contributed by atoms with Gasteiger partial charge in [-0.05, 0) is 36.6 Å². The van der Waals surface area contributed by atoms with E-state index in [1.54, 1.807) is 6.07 Å². The summed E-state index contributed by atoms with van der Waals surface area (Å²) in [6, 6.07) is 6.37. The number of nitrogens with one attached hydrogen (secondary N) is 2. The number of nitrogens with zero attached hydrogens (tertiary/aromatic N) is 2. The quantitative estimate of drug-likeness (QED) is 0.383. The first-order valence-corrected chi connectivity index (χ1v) is 15.2. The van der Waals surface area contributed by atoms with Crippen molar-refractivity contribution in [1.29, 1.82) is 0 Å². The van der Waals surface area contributed by atoms with E-state index in [1.807, 2.05) is 50.4 Å². The number of hydrogen-bond donors (Lipinski definition) is 2. The molecule has 0 aliphatic carbocycles. The predicted octanol–water partition coefficient (Wildman–Crippen LogP) is 7.01. The second kappa shape index (κ2) is 15.2. The summed E-state index contributed by atoms with van der Waals surface area (Å²) in [5.74, 6) is -0.0490. The summed E-state index contributed by atoms with van der Waals surface area (Å²) in [7, 11) is -1.13. The molecule has 2 aromatic rings. The van der Waals surface area contributed by atoms with Crippen molar-refractivity contribution in [2.45, 2.75) is 87.4 Å². The molecular formula is C30H49F3N4O2S. The fraction of sp³-hybridized carbons (Fsp3) is 0.633. The molecular weight excluding hydrogens is 537 g/mol. The molecule has 10 heteroatoms. The molecule has 228 valence electrons. The Kier molecular flexibility index (Phi) is 13.6. The molecule has 2 heterocycles. The van der Waals surface area contributed by atoms with Gasteiger partial charge in [0.2, 0.25) is 0 Å². The molecule has 0 bridgehead atoms. The van der Waals surface area contributed by atoms with Crippen LogP contribution in [0.2, 0.25) is 0 Å². The van der Waals surface area contributed by atoms with Gasteiger partial charge in [-0.2, -0.15) is 13.2 Å². The molecule has 1 saturated heterocycles. The van der Waals surface area contributed by atoms with E-state index >= 15 is 0 Å². The van der Waals surface area contributed by atoms with Gasteiger partial charge in [-0.3, -0.25) is 4.79 Å². The van der Waals surface area contributed by atoms with Crippen LogP contribution in [0.1, 0.15) is 89.6 Å². The van der Waals surface area contributed by atoms with Crippen molar-refractivity contribution >= 4 is 22.6 Å². The smallest absolute Gasteiger partial charge is 0.347 e. The Morgan fingerprint density at radius 3 is 2.05 bits per heavy atom. The highest BCUT2D eigenvalue weighted by Gasteiger charge is 2.31. The maximum atomic E-state index is 13.0. The van der Waals surface area contributed by atoms with Gasteiger partial charge < -0.3 is 15.2 Å². The minimum Gasteiger partial charge on any atom is -0.347 e. The number of rotatable bonds is 6. The molecule has 1 aromatic heterocycles. The lowest BCUT2D eigenvalue weighted by Crippen LogP contribution is -2.45. The second-order valence-corrected chi connectivity index (χ2v) is 13.7. The summed E-state index contributed by atoms with van der Waals surface area (Å²) in [6.45, 7) is 24.2. The van der Waals surface area contributed by atoms with Crippen LogP contribution in [0.5, 0.6) is 0 Å². The topological polar surface area (TPSA) is 66.4 Å². The first kappa shape index (κ1) is 35.9. The van der Waals surface area contributed by atoms with Crippen LogP contribution in [-0.2, 0) is 29.1 Å². The highest BCUT2D eigenvalue weighted by molar-refractivity contribution is 7.82. The highest BCUT2D eigenvalue weighted by Crippen LogP contribution is 2.32. The van der Waals surface area contributed by atoms with E-state index in [0.29, 0.717) is 29.0 Å². The number of benzene rings is 1. The van der Waals surface area contributed by atoms with Crippen LogP contribution in [0.15, 0.2) is 30.3 Å². The normalized spacial score (nSPS) is 15.3. The monoisotopic (exact) mass is 586 g/mol. The minimum absolute atomic E-state index is 0.0825.